The lowest BCUT2D eigenvalue weighted by molar-refractivity contribution is -0.555. The van der Waals surface area contributed by atoms with E-state index < -0.39 is 0 Å². The lowest BCUT2D eigenvalue weighted by atomic mass is 10.2. The molecule has 23 heavy (non-hydrogen) atoms. The topological polar surface area (TPSA) is 85.0 Å². The maximum absolute atomic E-state index is 10.5. The monoisotopic (exact) mass is 392 g/mol. The fourth-order valence-corrected chi connectivity index (χ4v) is 3.08. The first-order valence-corrected chi connectivity index (χ1v) is 7.65. The van der Waals surface area contributed by atoms with Gasteiger partial charge in [-0.2, -0.15) is 0 Å². The van der Waals surface area contributed by atoms with Crippen molar-refractivity contribution in [1.29, 1.82) is 0 Å². The number of hydrogen-bond acceptors (Lipinski definition) is 4. The van der Waals surface area contributed by atoms with Crippen LogP contribution < -0.4 is 4.52 Å². The van der Waals surface area contributed by atoms with Crippen molar-refractivity contribution in [3.05, 3.63) is 58.3 Å². The van der Waals surface area contributed by atoms with Crippen molar-refractivity contribution in [2.24, 2.45) is 0 Å². The van der Waals surface area contributed by atoms with E-state index >= 15 is 0 Å². The van der Waals surface area contributed by atoms with Crippen LogP contribution in [0.3, 0.4) is 0 Å². The maximum atomic E-state index is 10.5. The second kappa shape index (κ2) is 5.77. The van der Waals surface area contributed by atoms with Crippen LogP contribution in [-0.2, 0) is 0 Å². The molecule has 0 saturated heterocycles. The van der Waals surface area contributed by atoms with Crippen LogP contribution in [0.2, 0.25) is 5.15 Å². The van der Waals surface area contributed by atoms with Crippen LogP contribution in [0.15, 0.2) is 53.1 Å². The number of aromatic hydroxyl groups is 1. The summed E-state index contributed by atoms with van der Waals surface area (Å²) in [6.45, 7) is 0. The van der Waals surface area contributed by atoms with Gasteiger partial charge in [-0.15, -0.1) is 0 Å². The van der Waals surface area contributed by atoms with Gasteiger partial charge in [-0.25, -0.2) is 4.98 Å². The molecule has 0 radical (unpaired) electrons. The molecule has 3 aromatic heterocycles. The second-order valence-corrected chi connectivity index (χ2v) is 6.01. The number of benzene rings is 1. The molecule has 8 heteroatoms. The van der Waals surface area contributed by atoms with E-state index in [9.17, 15) is 5.11 Å². The molecule has 0 bridgehead atoms. The molecule has 0 spiro atoms. The molecular formula is C15H10BrClN4O2. The van der Waals surface area contributed by atoms with E-state index in [1.807, 2.05) is 30.3 Å². The predicted molar refractivity (Wildman–Crippen MR) is 88.3 cm³/mol. The smallest absolute Gasteiger partial charge is 0.359 e. The van der Waals surface area contributed by atoms with Crippen molar-refractivity contribution in [1.82, 2.24) is 14.9 Å². The molecule has 0 aliphatic carbocycles. The highest BCUT2D eigenvalue weighted by atomic mass is 79.9. The number of fused-ring (bicyclic) bond motifs is 3. The molecule has 0 unspecified atom stereocenters. The van der Waals surface area contributed by atoms with Gasteiger partial charge in [-0.3, -0.25) is 0 Å². The molecule has 1 aromatic carbocycles. The maximum Gasteiger partial charge on any atom is 0.359 e. The number of halogens is 2. The normalized spacial score (nSPS) is 10.9. The molecule has 0 amide bonds. The zero-order valence-corrected chi connectivity index (χ0v) is 13.9. The summed E-state index contributed by atoms with van der Waals surface area (Å²) in [4.78, 5) is 4.02. The van der Waals surface area contributed by atoms with Gasteiger partial charge in [-0.1, -0.05) is 32.9 Å². The standard InChI is InChI=1S/C15H8BrClN4O.H2O/c16-11-7-13-15(22)20(9-5-6-14(17)18-8-9)19-21(13)12-4-2-1-3-10(11)12;/h1-8H;1H2. The number of para-hydroxylation sites is 1. The Morgan fingerprint density at radius 1 is 1.13 bits per heavy atom. The fourth-order valence-electron chi connectivity index (χ4n) is 2.41. The summed E-state index contributed by atoms with van der Waals surface area (Å²) in [6.07, 6.45) is 1.56. The molecule has 0 aliphatic rings. The van der Waals surface area contributed by atoms with Gasteiger partial charge < -0.3 is 10.6 Å². The number of nitrogens with zero attached hydrogens (tertiary/aromatic N) is 4. The van der Waals surface area contributed by atoms with E-state index in [-0.39, 0.29) is 11.4 Å². The van der Waals surface area contributed by atoms with Crippen LogP contribution in [-0.4, -0.2) is 25.5 Å². The molecule has 116 valence electrons. The fraction of sp³-hybridized carbons (Fsp3) is 0. The van der Waals surface area contributed by atoms with E-state index in [0.717, 1.165) is 15.4 Å². The van der Waals surface area contributed by atoms with Crippen LogP contribution in [0.5, 0.6) is 5.88 Å². The Balaban J connectivity index is 0.00000156. The van der Waals surface area contributed by atoms with Crippen LogP contribution in [0.1, 0.15) is 0 Å². The molecule has 0 saturated carbocycles. The second-order valence-electron chi connectivity index (χ2n) is 4.77. The van der Waals surface area contributed by atoms with E-state index in [0.29, 0.717) is 16.4 Å². The highest BCUT2D eigenvalue weighted by Crippen LogP contribution is 2.27. The number of rotatable bonds is 1. The lowest BCUT2D eigenvalue weighted by Crippen LogP contribution is -2.25. The molecule has 4 aromatic rings. The first-order valence-electron chi connectivity index (χ1n) is 6.48. The highest BCUT2D eigenvalue weighted by molar-refractivity contribution is 9.10. The van der Waals surface area contributed by atoms with Crippen LogP contribution in [0.25, 0.3) is 22.1 Å². The van der Waals surface area contributed by atoms with E-state index in [1.165, 1.54) is 4.68 Å². The average Bonchev–Trinajstić information content (AvgIpc) is 2.86. The summed E-state index contributed by atoms with van der Waals surface area (Å²) in [5, 5.41) is 16.4. The van der Waals surface area contributed by atoms with Gasteiger partial charge in [0.25, 0.3) is 0 Å². The molecular weight excluding hydrogens is 384 g/mol. The van der Waals surface area contributed by atoms with Crippen molar-refractivity contribution >= 4 is 44.0 Å². The summed E-state index contributed by atoms with van der Waals surface area (Å²) >= 11 is 9.34. The molecule has 0 fully saturated rings. The predicted octanol–water partition coefficient (Wildman–Crippen LogP) is 3.10. The third kappa shape index (κ3) is 2.42. The Hall–Kier alpha value is -2.22. The van der Waals surface area contributed by atoms with Crippen molar-refractivity contribution in [2.45, 2.75) is 0 Å². The van der Waals surface area contributed by atoms with E-state index in [4.69, 9.17) is 11.6 Å². The molecule has 0 aliphatic heterocycles. The Bertz CT molecular complexity index is 1020. The summed E-state index contributed by atoms with van der Waals surface area (Å²) in [5.41, 5.74) is 2.12. The van der Waals surface area contributed by atoms with E-state index in [2.05, 4.69) is 26.1 Å². The van der Waals surface area contributed by atoms with Crippen molar-refractivity contribution in [3.8, 4) is 11.6 Å². The Kier molecular flexibility index (Phi) is 3.93. The van der Waals surface area contributed by atoms with Crippen molar-refractivity contribution in [3.63, 3.8) is 0 Å². The molecule has 2 N–H and O–H groups in total. The lowest BCUT2D eigenvalue weighted by Gasteiger charge is -1.97. The zero-order chi connectivity index (χ0) is 15.3. The Morgan fingerprint density at radius 3 is 2.65 bits per heavy atom. The first-order chi connectivity index (χ1) is 10.6. The molecule has 4 rings (SSSR count). The summed E-state index contributed by atoms with van der Waals surface area (Å²) in [6, 6.07) is 13.1. The largest absolute Gasteiger partial charge is 0.870 e. The first kappa shape index (κ1) is 15.7. The van der Waals surface area contributed by atoms with Crippen molar-refractivity contribution in [2.75, 3.05) is 0 Å². The van der Waals surface area contributed by atoms with E-state index in [1.54, 1.807) is 22.8 Å². The Labute approximate surface area is 144 Å². The van der Waals surface area contributed by atoms with Gasteiger partial charge in [0, 0.05) is 15.9 Å². The minimum Gasteiger partial charge on any atom is -0.870 e. The number of hydrogen-bond donors (Lipinski definition) is 1. The van der Waals surface area contributed by atoms with Gasteiger partial charge >= 0.3 is 5.88 Å². The van der Waals surface area contributed by atoms with Gasteiger partial charge in [0.05, 0.1) is 6.20 Å². The van der Waals surface area contributed by atoms with Gasteiger partial charge in [-0.05, 0) is 40.2 Å². The molecule has 3 heterocycles. The van der Waals surface area contributed by atoms with Crippen LogP contribution in [0.4, 0.5) is 0 Å². The Morgan fingerprint density at radius 2 is 1.91 bits per heavy atom. The number of aromatic nitrogens is 4. The average molecular weight is 394 g/mol. The van der Waals surface area contributed by atoms with Crippen molar-refractivity contribution < 1.29 is 15.1 Å². The summed E-state index contributed by atoms with van der Waals surface area (Å²) in [7, 11) is 0. The minimum atomic E-state index is 0. The van der Waals surface area contributed by atoms with Gasteiger partial charge in [0.2, 0.25) is 5.52 Å². The van der Waals surface area contributed by atoms with Crippen LogP contribution >= 0.6 is 27.5 Å². The SMILES string of the molecule is Oc1c2cc(Br)c3ccccc3[n+]2nn1-c1ccc(Cl)nc1.[OH-]. The van der Waals surface area contributed by atoms with Crippen LogP contribution in [0, 0.1) is 0 Å². The summed E-state index contributed by atoms with van der Waals surface area (Å²) < 4.78 is 4.02. The zero-order valence-electron chi connectivity index (χ0n) is 11.6. The minimum absolute atomic E-state index is 0. The number of pyridine rings is 2. The molecule has 0 atom stereocenters. The third-order valence-electron chi connectivity index (χ3n) is 3.45. The third-order valence-corrected chi connectivity index (χ3v) is 4.33. The van der Waals surface area contributed by atoms with Gasteiger partial charge in [0.1, 0.15) is 10.4 Å². The quantitative estimate of drug-likeness (QED) is 0.398. The molecule has 6 nitrogen and oxygen atoms in total. The van der Waals surface area contributed by atoms with Gasteiger partial charge in [0.15, 0.2) is 11.2 Å². The summed E-state index contributed by atoms with van der Waals surface area (Å²) in [5.74, 6) is 0.0376. The highest BCUT2D eigenvalue weighted by Gasteiger charge is 2.24.